The fourth-order valence-electron chi connectivity index (χ4n) is 1.28. The fraction of sp³-hybridized carbons (Fsp3) is 0.200. The van der Waals surface area contributed by atoms with E-state index in [1.165, 1.54) is 11.5 Å². The summed E-state index contributed by atoms with van der Waals surface area (Å²) in [5, 5.41) is 0.885. The number of rotatable bonds is 3. The maximum atomic E-state index is 5.54. The molecule has 1 aromatic heterocycles. The molecule has 15 heavy (non-hydrogen) atoms. The van der Waals surface area contributed by atoms with Crippen LogP contribution in [0.15, 0.2) is 30.6 Å². The number of hydrogen-bond donors (Lipinski definition) is 1. The van der Waals surface area contributed by atoms with E-state index in [1.54, 1.807) is 6.33 Å². The molecule has 2 aromatic rings. The third kappa shape index (κ3) is 2.14. The zero-order valence-electron chi connectivity index (χ0n) is 8.42. The summed E-state index contributed by atoms with van der Waals surface area (Å²) in [6, 6.07) is 8.10. The van der Waals surface area contributed by atoms with Gasteiger partial charge in [-0.2, -0.15) is 4.37 Å². The van der Waals surface area contributed by atoms with Crippen LogP contribution in [0.4, 0.5) is 10.8 Å². The maximum absolute atomic E-state index is 5.54. The van der Waals surface area contributed by atoms with Gasteiger partial charge in [-0.1, -0.05) is 12.1 Å². The summed E-state index contributed by atoms with van der Waals surface area (Å²) in [6.45, 7) is 0.572. The first-order valence-corrected chi connectivity index (χ1v) is 5.38. The first kappa shape index (κ1) is 10.1. The molecule has 0 amide bonds. The van der Waals surface area contributed by atoms with Crippen molar-refractivity contribution in [2.24, 2.45) is 5.73 Å². The molecule has 0 unspecified atom stereocenters. The van der Waals surface area contributed by atoms with E-state index in [2.05, 4.69) is 9.36 Å². The lowest BCUT2D eigenvalue weighted by atomic mass is 10.2. The van der Waals surface area contributed by atoms with Crippen LogP contribution in [0, 0.1) is 0 Å². The predicted octanol–water partition coefficient (Wildman–Crippen LogP) is 1.76. The molecule has 0 aliphatic carbocycles. The monoisotopic (exact) mass is 220 g/mol. The van der Waals surface area contributed by atoms with Crippen LogP contribution in [0.3, 0.4) is 0 Å². The van der Waals surface area contributed by atoms with Crippen LogP contribution in [0.5, 0.6) is 0 Å². The Labute approximate surface area is 92.5 Å². The van der Waals surface area contributed by atoms with E-state index in [0.717, 1.165) is 16.4 Å². The Hall–Kier alpha value is -1.46. The van der Waals surface area contributed by atoms with Gasteiger partial charge < -0.3 is 10.6 Å². The minimum absolute atomic E-state index is 0.572. The van der Waals surface area contributed by atoms with Gasteiger partial charge >= 0.3 is 0 Å². The van der Waals surface area contributed by atoms with Crippen LogP contribution in [0.1, 0.15) is 5.56 Å². The van der Waals surface area contributed by atoms with E-state index in [1.807, 2.05) is 36.2 Å². The van der Waals surface area contributed by atoms with Crippen molar-refractivity contribution in [1.29, 1.82) is 0 Å². The highest BCUT2D eigenvalue weighted by Crippen LogP contribution is 2.23. The van der Waals surface area contributed by atoms with Crippen LogP contribution in [-0.2, 0) is 6.54 Å². The average molecular weight is 220 g/mol. The van der Waals surface area contributed by atoms with Crippen LogP contribution < -0.4 is 10.6 Å². The molecule has 0 saturated heterocycles. The third-order valence-corrected chi connectivity index (χ3v) is 2.94. The zero-order valence-corrected chi connectivity index (χ0v) is 9.24. The van der Waals surface area contributed by atoms with Gasteiger partial charge in [-0.05, 0) is 17.7 Å². The average Bonchev–Trinajstić information content (AvgIpc) is 2.82. The van der Waals surface area contributed by atoms with Gasteiger partial charge in [0.05, 0.1) is 0 Å². The number of anilines is 2. The second kappa shape index (κ2) is 4.37. The van der Waals surface area contributed by atoms with Crippen molar-refractivity contribution in [3.63, 3.8) is 0 Å². The molecule has 4 nitrogen and oxygen atoms in total. The third-order valence-electron chi connectivity index (χ3n) is 2.20. The van der Waals surface area contributed by atoms with E-state index in [9.17, 15) is 0 Å². The Kier molecular flexibility index (Phi) is 2.94. The molecule has 5 heteroatoms. The maximum Gasteiger partial charge on any atom is 0.209 e. The smallest absolute Gasteiger partial charge is 0.209 e. The van der Waals surface area contributed by atoms with E-state index < -0.39 is 0 Å². The minimum atomic E-state index is 0.572. The highest BCUT2D eigenvalue weighted by Gasteiger charge is 2.06. The Morgan fingerprint density at radius 2 is 2.07 bits per heavy atom. The molecular formula is C10H12N4S. The molecule has 0 atom stereocenters. The molecule has 0 saturated carbocycles. The van der Waals surface area contributed by atoms with Crippen molar-refractivity contribution in [3.05, 3.63) is 36.2 Å². The summed E-state index contributed by atoms with van der Waals surface area (Å²) in [5.74, 6) is 0. The normalized spacial score (nSPS) is 10.3. The van der Waals surface area contributed by atoms with Crippen molar-refractivity contribution in [2.75, 3.05) is 11.9 Å². The lowest BCUT2D eigenvalue weighted by molar-refractivity contribution is 1.07. The standard InChI is InChI=1S/C10H12N4S/c1-14(10-12-7-13-15-10)9-4-2-8(6-11)3-5-9/h2-5,7H,6,11H2,1H3. The van der Waals surface area contributed by atoms with Crippen molar-refractivity contribution in [3.8, 4) is 0 Å². The molecule has 1 aromatic carbocycles. The van der Waals surface area contributed by atoms with Gasteiger partial charge in [0.2, 0.25) is 5.13 Å². The van der Waals surface area contributed by atoms with Crippen molar-refractivity contribution < 1.29 is 0 Å². The Bertz CT molecular complexity index is 409. The second-order valence-corrected chi connectivity index (χ2v) is 3.91. The molecule has 0 aliphatic heterocycles. The Balaban J connectivity index is 2.22. The van der Waals surface area contributed by atoms with E-state index in [-0.39, 0.29) is 0 Å². The largest absolute Gasteiger partial charge is 0.326 e. The summed E-state index contributed by atoms with van der Waals surface area (Å²) in [6.07, 6.45) is 1.56. The first-order valence-electron chi connectivity index (χ1n) is 4.60. The lowest BCUT2D eigenvalue weighted by Crippen LogP contribution is -2.09. The van der Waals surface area contributed by atoms with Gasteiger partial charge in [0.1, 0.15) is 6.33 Å². The number of hydrogen-bond acceptors (Lipinski definition) is 5. The number of benzene rings is 1. The predicted molar refractivity (Wildman–Crippen MR) is 62.3 cm³/mol. The van der Waals surface area contributed by atoms with E-state index in [4.69, 9.17) is 5.73 Å². The minimum Gasteiger partial charge on any atom is -0.326 e. The van der Waals surface area contributed by atoms with Crippen LogP contribution in [-0.4, -0.2) is 16.4 Å². The molecule has 0 fully saturated rings. The Morgan fingerprint density at radius 1 is 1.33 bits per heavy atom. The van der Waals surface area contributed by atoms with E-state index in [0.29, 0.717) is 6.54 Å². The summed E-state index contributed by atoms with van der Waals surface area (Å²) >= 11 is 1.38. The second-order valence-electron chi connectivity index (χ2n) is 3.15. The van der Waals surface area contributed by atoms with Gasteiger partial charge in [-0.15, -0.1) is 0 Å². The summed E-state index contributed by atoms with van der Waals surface area (Å²) in [5.41, 5.74) is 7.75. The number of nitrogens with two attached hydrogens (primary N) is 1. The summed E-state index contributed by atoms with van der Waals surface area (Å²) in [4.78, 5) is 6.14. The molecule has 0 bridgehead atoms. The number of nitrogens with zero attached hydrogens (tertiary/aromatic N) is 3. The highest BCUT2D eigenvalue weighted by atomic mass is 32.1. The molecular weight excluding hydrogens is 208 g/mol. The molecule has 0 radical (unpaired) electrons. The summed E-state index contributed by atoms with van der Waals surface area (Å²) in [7, 11) is 1.97. The van der Waals surface area contributed by atoms with Crippen molar-refractivity contribution in [2.45, 2.75) is 6.54 Å². The first-order chi connectivity index (χ1) is 7.31. The Morgan fingerprint density at radius 3 is 2.60 bits per heavy atom. The van der Waals surface area contributed by atoms with Gasteiger partial charge in [-0.3, -0.25) is 0 Å². The molecule has 2 rings (SSSR count). The topological polar surface area (TPSA) is 55.0 Å². The SMILES string of the molecule is CN(c1ccc(CN)cc1)c1ncns1. The van der Waals surface area contributed by atoms with Crippen LogP contribution >= 0.6 is 11.5 Å². The van der Waals surface area contributed by atoms with Gasteiger partial charge in [0.25, 0.3) is 0 Å². The van der Waals surface area contributed by atoms with Gasteiger partial charge in [-0.25, -0.2) is 4.98 Å². The molecule has 0 aliphatic rings. The highest BCUT2D eigenvalue weighted by molar-refractivity contribution is 7.09. The van der Waals surface area contributed by atoms with E-state index >= 15 is 0 Å². The fourth-order valence-corrected chi connectivity index (χ4v) is 1.79. The van der Waals surface area contributed by atoms with Crippen molar-refractivity contribution in [1.82, 2.24) is 9.36 Å². The quantitative estimate of drug-likeness (QED) is 0.856. The van der Waals surface area contributed by atoms with Crippen LogP contribution in [0.2, 0.25) is 0 Å². The molecule has 78 valence electrons. The van der Waals surface area contributed by atoms with Crippen LogP contribution in [0.25, 0.3) is 0 Å². The lowest BCUT2D eigenvalue weighted by Gasteiger charge is -2.15. The van der Waals surface area contributed by atoms with Crippen molar-refractivity contribution >= 4 is 22.4 Å². The van der Waals surface area contributed by atoms with Gasteiger partial charge in [0.15, 0.2) is 0 Å². The number of aromatic nitrogens is 2. The molecule has 0 spiro atoms. The molecule has 1 heterocycles. The zero-order chi connectivity index (χ0) is 10.7. The summed E-state index contributed by atoms with van der Waals surface area (Å²) < 4.78 is 3.97. The molecule has 2 N–H and O–H groups in total. The van der Waals surface area contributed by atoms with Gasteiger partial charge in [0, 0.05) is 30.8 Å².